The van der Waals surface area contributed by atoms with Gasteiger partial charge < -0.3 is 4.74 Å². The quantitative estimate of drug-likeness (QED) is 0.798. The lowest BCUT2D eigenvalue weighted by atomic mass is 10.1. The molecule has 0 spiro atoms. The van der Waals surface area contributed by atoms with E-state index in [1.54, 1.807) is 19.1 Å². The van der Waals surface area contributed by atoms with Gasteiger partial charge in [-0.1, -0.05) is 18.1 Å². The van der Waals surface area contributed by atoms with Gasteiger partial charge in [0, 0.05) is 6.04 Å². The molecular formula is C13H15F2NO. The largest absolute Gasteiger partial charge is 0.435 e. The maximum Gasteiger partial charge on any atom is 0.387 e. The van der Waals surface area contributed by atoms with E-state index in [-0.39, 0.29) is 11.8 Å². The summed E-state index contributed by atoms with van der Waals surface area (Å²) in [7, 11) is 0. The Morgan fingerprint density at radius 2 is 1.94 bits per heavy atom. The molecule has 17 heavy (non-hydrogen) atoms. The van der Waals surface area contributed by atoms with E-state index < -0.39 is 6.61 Å². The Labute approximate surface area is 100.0 Å². The van der Waals surface area contributed by atoms with Crippen LogP contribution in [0.5, 0.6) is 5.75 Å². The van der Waals surface area contributed by atoms with Gasteiger partial charge in [-0.3, -0.25) is 5.32 Å². The van der Waals surface area contributed by atoms with Gasteiger partial charge in [0.2, 0.25) is 0 Å². The first-order valence-electron chi connectivity index (χ1n) is 5.31. The molecular weight excluding hydrogens is 224 g/mol. The van der Waals surface area contributed by atoms with Crippen LogP contribution < -0.4 is 10.1 Å². The lowest BCUT2D eigenvalue weighted by molar-refractivity contribution is -0.0498. The Hall–Kier alpha value is -1.60. The Balaban J connectivity index is 2.56. The average Bonchev–Trinajstić information content (AvgIpc) is 2.29. The van der Waals surface area contributed by atoms with Crippen LogP contribution in [0.4, 0.5) is 8.78 Å². The third-order valence-corrected chi connectivity index (χ3v) is 2.28. The zero-order valence-corrected chi connectivity index (χ0v) is 9.84. The maximum atomic E-state index is 11.9. The number of alkyl halides is 2. The smallest absolute Gasteiger partial charge is 0.387 e. The highest BCUT2D eigenvalue weighted by molar-refractivity contribution is 5.29. The molecule has 0 amide bonds. The summed E-state index contributed by atoms with van der Waals surface area (Å²) >= 11 is 0. The molecule has 0 fully saturated rings. The van der Waals surface area contributed by atoms with Crippen LogP contribution in [0.1, 0.15) is 25.5 Å². The van der Waals surface area contributed by atoms with Crippen molar-refractivity contribution >= 4 is 0 Å². The Morgan fingerprint density at radius 1 is 1.29 bits per heavy atom. The predicted octanol–water partition coefficient (Wildman–Crippen LogP) is 2.96. The van der Waals surface area contributed by atoms with Crippen molar-refractivity contribution in [2.45, 2.75) is 26.5 Å². The monoisotopic (exact) mass is 239 g/mol. The fourth-order valence-electron chi connectivity index (χ4n) is 1.35. The second-order valence-electron chi connectivity index (χ2n) is 3.48. The van der Waals surface area contributed by atoms with Crippen molar-refractivity contribution in [2.24, 2.45) is 0 Å². The number of ether oxygens (including phenoxy) is 1. The van der Waals surface area contributed by atoms with Gasteiger partial charge >= 0.3 is 6.61 Å². The van der Waals surface area contributed by atoms with Crippen LogP contribution in [-0.4, -0.2) is 13.2 Å². The lowest BCUT2D eigenvalue weighted by Gasteiger charge is -2.13. The minimum atomic E-state index is -2.78. The fourth-order valence-corrected chi connectivity index (χ4v) is 1.35. The highest BCUT2D eigenvalue weighted by Crippen LogP contribution is 2.18. The summed E-state index contributed by atoms with van der Waals surface area (Å²) in [6.07, 6.45) is 0. The standard InChI is InChI=1S/C13H15F2NO/c1-3-4-9-16-10(2)11-5-7-12(8-6-11)17-13(14)15/h5-8,10,13,16H,9H2,1-2H3. The average molecular weight is 239 g/mol. The Kier molecular flexibility index (Phi) is 5.44. The highest BCUT2D eigenvalue weighted by Gasteiger charge is 2.06. The van der Waals surface area contributed by atoms with E-state index in [1.165, 1.54) is 12.1 Å². The summed E-state index contributed by atoms with van der Waals surface area (Å²) < 4.78 is 28.1. The summed E-state index contributed by atoms with van der Waals surface area (Å²) in [6.45, 7) is 1.59. The molecule has 1 unspecified atom stereocenters. The second-order valence-corrected chi connectivity index (χ2v) is 3.48. The van der Waals surface area contributed by atoms with Gasteiger partial charge in [0.1, 0.15) is 5.75 Å². The number of hydrogen-bond donors (Lipinski definition) is 1. The first-order valence-corrected chi connectivity index (χ1v) is 5.31. The van der Waals surface area contributed by atoms with Gasteiger partial charge in [0.05, 0.1) is 6.54 Å². The molecule has 1 aromatic rings. The molecule has 2 nitrogen and oxygen atoms in total. The maximum absolute atomic E-state index is 11.9. The number of halogens is 2. The summed E-state index contributed by atoms with van der Waals surface area (Å²) in [5.74, 6) is 5.86. The predicted molar refractivity (Wildman–Crippen MR) is 62.9 cm³/mol. The summed E-state index contributed by atoms with van der Waals surface area (Å²) in [5.41, 5.74) is 1.00. The SMILES string of the molecule is CC#CCNC(C)c1ccc(OC(F)F)cc1. The molecule has 4 heteroatoms. The van der Waals surface area contributed by atoms with Gasteiger partial charge in [0.25, 0.3) is 0 Å². The molecule has 92 valence electrons. The molecule has 0 saturated heterocycles. The molecule has 0 heterocycles. The molecule has 1 N–H and O–H groups in total. The van der Waals surface area contributed by atoms with E-state index in [9.17, 15) is 8.78 Å². The molecule has 0 aliphatic rings. The molecule has 0 saturated carbocycles. The molecule has 0 radical (unpaired) electrons. The zero-order valence-electron chi connectivity index (χ0n) is 9.84. The third kappa shape index (κ3) is 4.83. The Morgan fingerprint density at radius 3 is 2.47 bits per heavy atom. The lowest BCUT2D eigenvalue weighted by Crippen LogP contribution is -2.18. The van der Waals surface area contributed by atoms with Gasteiger partial charge in [-0.05, 0) is 31.5 Å². The van der Waals surface area contributed by atoms with E-state index in [1.807, 2.05) is 6.92 Å². The zero-order chi connectivity index (χ0) is 12.7. The molecule has 1 atom stereocenters. The van der Waals surface area contributed by atoms with Crippen LogP contribution in [0.2, 0.25) is 0 Å². The third-order valence-electron chi connectivity index (χ3n) is 2.28. The van der Waals surface area contributed by atoms with E-state index in [0.717, 1.165) is 5.56 Å². The molecule has 0 aliphatic carbocycles. The van der Waals surface area contributed by atoms with Crippen LogP contribution in [-0.2, 0) is 0 Å². The van der Waals surface area contributed by atoms with Gasteiger partial charge in [-0.25, -0.2) is 0 Å². The van der Waals surface area contributed by atoms with Crippen molar-refractivity contribution in [1.82, 2.24) is 5.32 Å². The van der Waals surface area contributed by atoms with Gasteiger partial charge in [-0.2, -0.15) is 8.78 Å². The first-order chi connectivity index (χ1) is 8.13. The van der Waals surface area contributed by atoms with Crippen molar-refractivity contribution in [1.29, 1.82) is 0 Å². The normalized spacial score (nSPS) is 11.8. The van der Waals surface area contributed by atoms with Gasteiger partial charge in [0.15, 0.2) is 0 Å². The summed E-state index contributed by atoms with van der Waals surface area (Å²) in [5, 5.41) is 3.20. The van der Waals surface area contributed by atoms with Crippen LogP contribution in [0, 0.1) is 11.8 Å². The Bertz CT molecular complexity index is 392. The van der Waals surface area contributed by atoms with Crippen molar-refractivity contribution in [3.05, 3.63) is 29.8 Å². The first kappa shape index (κ1) is 13.5. The number of hydrogen-bond acceptors (Lipinski definition) is 2. The molecule has 1 aromatic carbocycles. The molecule has 1 rings (SSSR count). The van der Waals surface area contributed by atoms with Crippen LogP contribution in [0.25, 0.3) is 0 Å². The van der Waals surface area contributed by atoms with Crippen LogP contribution in [0.15, 0.2) is 24.3 Å². The van der Waals surface area contributed by atoms with Crippen LogP contribution in [0.3, 0.4) is 0 Å². The van der Waals surface area contributed by atoms with Crippen LogP contribution >= 0.6 is 0 Å². The highest BCUT2D eigenvalue weighted by atomic mass is 19.3. The number of rotatable bonds is 5. The van der Waals surface area contributed by atoms with E-state index in [0.29, 0.717) is 6.54 Å². The van der Waals surface area contributed by atoms with Crippen molar-refractivity contribution < 1.29 is 13.5 Å². The number of nitrogens with one attached hydrogen (secondary N) is 1. The fraction of sp³-hybridized carbons (Fsp3) is 0.385. The topological polar surface area (TPSA) is 21.3 Å². The van der Waals surface area contributed by atoms with E-state index >= 15 is 0 Å². The summed E-state index contributed by atoms with van der Waals surface area (Å²) in [6, 6.07) is 6.70. The van der Waals surface area contributed by atoms with E-state index in [2.05, 4.69) is 21.9 Å². The molecule has 0 bridgehead atoms. The van der Waals surface area contributed by atoms with Crippen molar-refractivity contribution in [2.75, 3.05) is 6.54 Å². The van der Waals surface area contributed by atoms with Gasteiger partial charge in [-0.15, -0.1) is 5.92 Å². The van der Waals surface area contributed by atoms with Crippen molar-refractivity contribution in [3.8, 4) is 17.6 Å². The summed E-state index contributed by atoms with van der Waals surface area (Å²) in [4.78, 5) is 0. The van der Waals surface area contributed by atoms with E-state index in [4.69, 9.17) is 0 Å². The van der Waals surface area contributed by atoms with Crippen molar-refractivity contribution in [3.63, 3.8) is 0 Å². The minimum absolute atomic E-state index is 0.122. The molecule has 0 aromatic heterocycles. The molecule has 0 aliphatic heterocycles. The minimum Gasteiger partial charge on any atom is -0.435 e. The second kappa shape index (κ2) is 6.87. The number of benzene rings is 1.